The van der Waals surface area contributed by atoms with Crippen molar-refractivity contribution >= 4 is 5.91 Å². The van der Waals surface area contributed by atoms with Crippen molar-refractivity contribution in [2.45, 2.75) is 69.5 Å². The number of aliphatic hydroxyl groups excluding tert-OH is 2. The lowest BCUT2D eigenvalue weighted by molar-refractivity contribution is -0.218. The lowest BCUT2D eigenvalue weighted by Gasteiger charge is -2.31. The average Bonchev–Trinajstić information content (AvgIpc) is 2.80. The zero-order valence-electron chi connectivity index (χ0n) is 12.3. The predicted molar refractivity (Wildman–Crippen MR) is 71.1 cm³/mol. The monoisotopic (exact) mass is 301 g/mol. The van der Waals surface area contributed by atoms with E-state index in [1.165, 1.54) is 0 Å². The summed E-state index contributed by atoms with van der Waals surface area (Å²) in [6, 6.07) is -0.521. The van der Waals surface area contributed by atoms with Crippen LogP contribution in [0.25, 0.3) is 0 Å². The smallest absolute Gasteiger partial charge is 0.223 e. The highest BCUT2D eigenvalue weighted by atomic mass is 16.8. The van der Waals surface area contributed by atoms with Crippen LogP contribution in [-0.2, 0) is 19.0 Å². The zero-order chi connectivity index (χ0) is 15.2. The molecular weight excluding hydrogens is 278 g/mol. The highest BCUT2D eigenvalue weighted by molar-refractivity contribution is 5.79. The lowest BCUT2D eigenvalue weighted by atomic mass is 9.84. The maximum Gasteiger partial charge on any atom is 0.223 e. The van der Waals surface area contributed by atoms with Gasteiger partial charge in [-0.25, -0.2) is 0 Å². The van der Waals surface area contributed by atoms with Crippen LogP contribution in [-0.4, -0.2) is 59.2 Å². The molecule has 0 aromatic carbocycles. The molecule has 3 aliphatic rings. The molecule has 120 valence electrons. The second-order valence-corrected chi connectivity index (χ2v) is 6.48. The van der Waals surface area contributed by atoms with Gasteiger partial charge in [-0.3, -0.25) is 4.79 Å². The summed E-state index contributed by atoms with van der Waals surface area (Å²) in [5, 5.41) is 22.0. The van der Waals surface area contributed by atoms with E-state index in [2.05, 4.69) is 5.32 Å². The first-order chi connectivity index (χ1) is 9.91. The summed E-state index contributed by atoms with van der Waals surface area (Å²) in [5.74, 6) is -0.797. The lowest BCUT2D eigenvalue weighted by Crippen LogP contribution is -2.54. The van der Waals surface area contributed by atoms with Gasteiger partial charge in [0.15, 0.2) is 12.1 Å². The maximum absolute atomic E-state index is 12.2. The van der Waals surface area contributed by atoms with Crippen molar-refractivity contribution in [1.29, 1.82) is 0 Å². The van der Waals surface area contributed by atoms with E-state index in [0.29, 0.717) is 0 Å². The van der Waals surface area contributed by atoms with Gasteiger partial charge in [-0.1, -0.05) is 6.42 Å². The van der Waals surface area contributed by atoms with Gasteiger partial charge in [0, 0.05) is 5.92 Å². The number of ether oxygens (including phenoxy) is 3. The second-order valence-electron chi connectivity index (χ2n) is 6.48. The Labute approximate surface area is 123 Å². The molecule has 0 unspecified atom stereocenters. The van der Waals surface area contributed by atoms with Crippen LogP contribution in [0.15, 0.2) is 0 Å². The van der Waals surface area contributed by atoms with Crippen molar-refractivity contribution in [2.75, 3.05) is 6.61 Å². The molecule has 0 aromatic rings. The molecule has 5 atom stereocenters. The van der Waals surface area contributed by atoms with E-state index >= 15 is 0 Å². The van der Waals surface area contributed by atoms with Crippen molar-refractivity contribution < 1.29 is 29.2 Å². The minimum absolute atomic E-state index is 0.0336. The number of nitrogens with one attached hydrogen (secondary N) is 1. The summed E-state index contributed by atoms with van der Waals surface area (Å²) >= 11 is 0. The Kier molecular flexibility index (Phi) is 3.96. The standard InChI is InChI=1S/C14H23NO6/c1-14(2)20-11-9(15-12(18)7-4-3-5-7)10(8(17)6-16)19-13(11)21-14/h7-11,13,16-17H,3-6H2,1-2H3,(H,15,18)/t8-,9+,10-,11-,13-/m1/s1. The highest BCUT2D eigenvalue weighted by Crippen LogP contribution is 2.38. The number of rotatable bonds is 4. The number of carbonyl (C=O) groups is 1. The van der Waals surface area contributed by atoms with Gasteiger partial charge in [0.25, 0.3) is 0 Å². The van der Waals surface area contributed by atoms with Crippen molar-refractivity contribution in [3.05, 3.63) is 0 Å². The van der Waals surface area contributed by atoms with E-state index in [1.54, 1.807) is 13.8 Å². The molecule has 3 N–H and O–H groups in total. The number of hydrogen-bond donors (Lipinski definition) is 3. The highest BCUT2D eigenvalue weighted by Gasteiger charge is 2.57. The van der Waals surface area contributed by atoms with E-state index in [1.807, 2.05) is 0 Å². The minimum atomic E-state index is -1.09. The molecule has 0 spiro atoms. The van der Waals surface area contributed by atoms with Crippen LogP contribution >= 0.6 is 0 Å². The normalized spacial score (nSPS) is 39.6. The fourth-order valence-corrected chi connectivity index (χ4v) is 3.08. The molecule has 2 aliphatic heterocycles. The largest absolute Gasteiger partial charge is 0.394 e. The summed E-state index contributed by atoms with van der Waals surface area (Å²) in [5.41, 5.74) is 0. The van der Waals surface area contributed by atoms with Gasteiger partial charge in [0.2, 0.25) is 5.91 Å². The Bertz CT molecular complexity index is 410. The Hall–Kier alpha value is -0.730. The van der Waals surface area contributed by atoms with E-state index < -0.39 is 43.0 Å². The molecule has 7 heteroatoms. The van der Waals surface area contributed by atoms with Gasteiger partial charge in [0.05, 0.1) is 12.6 Å². The van der Waals surface area contributed by atoms with Crippen LogP contribution in [0, 0.1) is 5.92 Å². The van der Waals surface area contributed by atoms with Crippen molar-refractivity contribution in [2.24, 2.45) is 5.92 Å². The maximum atomic E-state index is 12.2. The number of hydrogen-bond acceptors (Lipinski definition) is 6. The van der Waals surface area contributed by atoms with Gasteiger partial charge in [0.1, 0.15) is 18.3 Å². The molecule has 2 saturated heterocycles. The summed E-state index contributed by atoms with van der Waals surface area (Å²) in [4.78, 5) is 12.2. The fraction of sp³-hybridized carbons (Fsp3) is 0.929. The second kappa shape index (κ2) is 5.48. The number of fused-ring (bicyclic) bond motifs is 1. The average molecular weight is 301 g/mol. The molecule has 1 amide bonds. The van der Waals surface area contributed by atoms with Gasteiger partial charge in [-0.05, 0) is 26.7 Å². The Morgan fingerprint density at radius 3 is 2.67 bits per heavy atom. The summed E-state index contributed by atoms with van der Waals surface area (Å²) < 4.78 is 17.1. The van der Waals surface area contributed by atoms with Crippen LogP contribution in [0.2, 0.25) is 0 Å². The van der Waals surface area contributed by atoms with Gasteiger partial charge in [-0.15, -0.1) is 0 Å². The third kappa shape index (κ3) is 2.80. The molecule has 1 aliphatic carbocycles. The molecule has 7 nitrogen and oxygen atoms in total. The van der Waals surface area contributed by atoms with E-state index in [-0.39, 0.29) is 11.8 Å². The molecule has 3 fully saturated rings. The zero-order valence-corrected chi connectivity index (χ0v) is 12.3. The van der Waals surface area contributed by atoms with E-state index in [0.717, 1.165) is 19.3 Å². The minimum Gasteiger partial charge on any atom is -0.394 e. The molecule has 2 heterocycles. The summed E-state index contributed by atoms with van der Waals surface area (Å²) in [6.45, 7) is 3.11. The van der Waals surface area contributed by atoms with E-state index in [9.17, 15) is 9.90 Å². The first-order valence-electron chi connectivity index (χ1n) is 7.52. The van der Waals surface area contributed by atoms with Crippen LogP contribution in [0.1, 0.15) is 33.1 Å². The van der Waals surface area contributed by atoms with Gasteiger partial charge >= 0.3 is 0 Å². The molecule has 0 radical (unpaired) electrons. The van der Waals surface area contributed by atoms with Gasteiger partial charge < -0.3 is 29.7 Å². The third-order valence-corrected chi connectivity index (χ3v) is 4.44. The first-order valence-corrected chi connectivity index (χ1v) is 7.52. The predicted octanol–water partition coefficient (Wildman–Crippen LogP) is -0.499. The first kappa shape index (κ1) is 15.2. The molecular formula is C14H23NO6. The van der Waals surface area contributed by atoms with Crippen LogP contribution < -0.4 is 5.32 Å². The molecule has 0 aromatic heterocycles. The Balaban J connectivity index is 1.72. The van der Waals surface area contributed by atoms with E-state index in [4.69, 9.17) is 19.3 Å². The van der Waals surface area contributed by atoms with Gasteiger partial charge in [-0.2, -0.15) is 0 Å². The van der Waals surface area contributed by atoms with Crippen LogP contribution in [0.4, 0.5) is 0 Å². The number of amides is 1. The fourth-order valence-electron chi connectivity index (χ4n) is 3.08. The van der Waals surface area contributed by atoms with Crippen LogP contribution in [0.3, 0.4) is 0 Å². The van der Waals surface area contributed by atoms with Crippen molar-refractivity contribution in [3.63, 3.8) is 0 Å². The SMILES string of the molecule is CC1(C)O[C@H]2O[C@H]([C@H](O)CO)[C@H](NC(=O)C3CCC3)[C@H]2O1. The Morgan fingerprint density at radius 1 is 1.38 bits per heavy atom. The number of carbonyl (C=O) groups excluding carboxylic acids is 1. The molecule has 1 saturated carbocycles. The van der Waals surface area contributed by atoms with Crippen LogP contribution in [0.5, 0.6) is 0 Å². The molecule has 21 heavy (non-hydrogen) atoms. The number of aliphatic hydroxyl groups is 2. The van der Waals surface area contributed by atoms with Crippen molar-refractivity contribution in [1.82, 2.24) is 5.32 Å². The molecule has 0 bridgehead atoms. The Morgan fingerprint density at radius 2 is 2.10 bits per heavy atom. The molecule has 3 rings (SSSR count). The summed E-state index contributed by atoms with van der Waals surface area (Å²) in [6.07, 6.45) is -0.0794. The summed E-state index contributed by atoms with van der Waals surface area (Å²) in [7, 11) is 0. The van der Waals surface area contributed by atoms with Crippen molar-refractivity contribution in [3.8, 4) is 0 Å². The third-order valence-electron chi connectivity index (χ3n) is 4.44. The quantitative estimate of drug-likeness (QED) is 0.648. The topological polar surface area (TPSA) is 97.3 Å².